The minimum absolute atomic E-state index is 0.978. The van der Waals surface area contributed by atoms with E-state index in [4.69, 9.17) is 0 Å². The highest BCUT2D eigenvalue weighted by atomic mass is 32.1. The zero-order valence-corrected chi connectivity index (χ0v) is 12.4. The Morgan fingerprint density at radius 3 is 2.74 bits per heavy atom. The number of aromatic nitrogens is 1. The van der Waals surface area contributed by atoms with Gasteiger partial charge in [-0.2, -0.15) is 0 Å². The predicted octanol–water partition coefficient (Wildman–Crippen LogP) is 3.39. The molecule has 0 radical (unpaired) electrons. The molecule has 1 N–H and O–H groups in total. The van der Waals surface area contributed by atoms with E-state index in [2.05, 4.69) is 58.0 Å². The number of nitrogens with one attached hydrogen (secondary N) is 1. The van der Waals surface area contributed by atoms with Gasteiger partial charge in [-0.05, 0) is 32.5 Å². The van der Waals surface area contributed by atoms with Crippen LogP contribution < -0.4 is 5.32 Å². The Morgan fingerprint density at radius 1 is 1.26 bits per heavy atom. The number of nitrogens with zero attached hydrogens (tertiary/aromatic N) is 2. The van der Waals surface area contributed by atoms with Crippen molar-refractivity contribution >= 4 is 16.5 Å². The lowest BCUT2D eigenvalue weighted by Crippen LogP contribution is -2.21. The standard InChI is InChI=1S/C15H21N3S/c1-13-12-19-15(17-13)16-9-6-10-18(2)11-14-7-4-3-5-8-14/h3-5,7-8,12H,6,9-11H2,1-2H3,(H,16,17). The average molecular weight is 275 g/mol. The third-order valence-corrected chi connectivity index (χ3v) is 3.83. The second-order valence-electron chi connectivity index (χ2n) is 4.80. The van der Waals surface area contributed by atoms with Gasteiger partial charge in [-0.1, -0.05) is 30.3 Å². The first-order valence-electron chi connectivity index (χ1n) is 6.62. The number of hydrogen-bond donors (Lipinski definition) is 1. The molecule has 0 unspecified atom stereocenters. The van der Waals surface area contributed by atoms with Gasteiger partial charge < -0.3 is 10.2 Å². The van der Waals surface area contributed by atoms with Crippen LogP contribution in [0.3, 0.4) is 0 Å². The Morgan fingerprint density at radius 2 is 2.05 bits per heavy atom. The smallest absolute Gasteiger partial charge is 0.182 e. The van der Waals surface area contributed by atoms with Crippen molar-refractivity contribution in [3.8, 4) is 0 Å². The topological polar surface area (TPSA) is 28.2 Å². The fraction of sp³-hybridized carbons (Fsp3) is 0.400. The average Bonchev–Trinajstić information content (AvgIpc) is 2.82. The molecule has 0 fully saturated rings. The summed E-state index contributed by atoms with van der Waals surface area (Å²) in [7, 11) is 2.17. The molecule has 0 bridgehead atoms. The lowest BCUT2D eigenvalue weighted by Gasteiger charge is -2.16. The second-order valence-corrected chi connectivity index (χ2v) is 5.66. The van der Waals surface area contributed by atoms with Crippen molar-refractivity contribution in [1.29, 1.82) is 0 Å². The van der Waals surface area contributed by atoms with E-state index in [1.54, 1.807) is 11.3 Å². The fourth-order valence-electron chi connectivity index (χ4n) is 1.95. The van der Waals surface area contributed by atoms with Crippen LogP contribution in [0.1, 0.15) is 17.7 Å². The van der Waals surface area contributed by atoms with E-state index < -0.39 is 0 Å². The molecule has 1 aromatic heterocycles. The molecule has 1 aromatic carbocycles. The number of aryl methyl sites for hydroxylation is 1. The molecule has 0 saturated carbocycles. The zero-order valence-electron chi connectivity index (χ0n) is 11.6. The monoisotopic (exact) mass is 275 g/mol. The van der Waals surface area contributed by atoms with Crippen molar-refractivity contribution in [1.82, 2.24) is 9.88 Å². The van der Waals surface area contributed by atoms with Crippen LogP contribution in [0.5, 0.6) is 0 Å². The third-order valence-electron chi connectivity index (χ3n) is 2.91. The SMILES string of the molecule is Cc1csc(NCCCN(C)Cc2ccccc2)n1. The summed E-state index contributed by atoms with van der Waals surface area (Å²) >= 11 is 1.68. The molecule has 0 spiro atoms. The minimum atomic E-state index is 0.978. The van der Waals surface area contributed by atoms with Gasteiger partial charge in [0.15, 0.2) is 5.13 Å². The van der Waals surface area contributed by atoms with Crippen molar-refractivity contribution in [3.05, 3.63) is 47.0 Å². The summed E-state index contributed by atoms with van der Waals surface area (Å²) < 4.78 is 0. The summed E-state index contributed by atoms with van der Waals surface area (Å²) in [6.07, 6.45) is 1.13. The molecule has 0 saturated heterocycles. The van der Waals surface area contributed by atoms with E-state index in [1.165, 1.54) is 5.56 Å². The molecule has 0 aliphatic rings. The van der Waals surface area contributed by atoms with Gasteiger partial charge in [0.1, 0.15) is 0 Å². The summed E-state index contributed by atoms with van der Waals surface area (Å²) in [5.41, 5.74) is 2.46. The van der Waals surface area contributed by atoms with Crippen LogP contribution in [0, 0.1) is 6.92 Å². The zero-order chi connectivity index (χ0) is 13.5. The van der Waals surface area contributed by atoms with Gasteiger partial charge in [0.2, 0.25) is 0 Å². The number of rotatable bonds is 7. The minimum Gasteiger partial charge on any atom is -0.361 e. The number of anilines is 1. The molecule has 0 aliphatic carbocycles. The van der Waals surface area contributed by atoms with Gasteiger partial charge in [-0.3, -0.25) is 0 Å². The van der Waals surface area contributed by atoms with E-state index in [0.717, 1.165) is 36.9 Å². The molecule has 19 heavy (non-hydrogen) atoms. The molecule has 3 nitrogen and oxygen atoms in total. The van der Waals surface area contributed by atoms with Gasteiger partial charge >= 0.3 is 0 Å². The molecule has 2 rings (SSSR count). The molecule has 0 amide bonds. The highest BCUT2D eigenvalue weighted by Crippen LogP contribution is 2.14. The molecule has 0 aliphatic heterocycles. The Balaban J connectivity index is 1.63. The first kappa shape index (κ1) is 14.0. The van der Waals surface area contributed by atoms with Crippen LogP contribution in [-0.2, 0) is 6.54 Å². The summed E-state index contributed by atoms with van der Waals surface area (Å²) in [5, 5.41) is 6.47. The van der Waals surface area contributed by atoms with Gasteiger partial charge in [0.05, 0.1) is 5.69 Å². The number of hydrogen-bond acceptors (Lipinski definition) is 4. The van der Waals surface area contributed by atoms with Crippen LogP contribution in [0.4, 0.5) is 5.13 Å². The van der Waals surface area contributed by atoms with Gasteiger partial charge in [-0.15, -0.1) is 11.3 Å². The Bertz CT molecular complexity index is 481. The maximum absolute atomic E-state index is 4.39. The normalized spacial score (nSPS) is 10.9. The lowest BCUT2D eigenvalue weighted by atomic mass is 10.2. The van der Waals surface area contributed by atoms with E-state index in [0.29, 0.717) is 0 Å². The molecule has 0 atom stereocenters. The lowest BCUT2D eigenvalue weighted by molar-refractivity contribution is 0.325. The van der Waals surface area contributed by atoms with E-state index in [9.17, 15) is 0 Å². The summed E-state index contributed by atoms with van der Waals surface area (Å²) in [6.45, 7) is 5.10. The summed E-state index contributed by atoms with van der Waals surface area (Å²) in [4.78, 5) is 6.74. The fourth-order valence-corrected chi connectivity index (χ4v) is 2.67. The maximum Gasteiger partial charge on any atom is 0.182 e. The maximum atomic E-state index is 4.39. The highest BCUT2D eigenvalue weighted by Gasteiger charge is 2.01. The van der Waals surface area contributed by atoms with Gasteiger partial charge in [-0.25, -0.2) is 4.98 Å². The summed E-state index contributed by atoms with van der Waals surface area (Å²) in [6, 6.07) is 10.6. The highest BCUT2D eigenvalue weighted by molar-refractivity contribution is 7.13. The van der Waals surface area contributed by atoms with Crippen molar-refractivity contribution in [3.63, 3.8) is 0 Å². The van der Waals surface area contributed by atoms with Crippen LogP contribution in [0.2, 0.25) is 0 Å². The molecule has 1 heterocycles. The molecule has 4 heteroatoms. The third kappa shape index (κ3) is 5.01. The molecule has 2 aromatic rings. The molecular weight excluding hydrogens is 254 g/mol. The van der Waals surface area contributed by atoms with Crippen LogP contribution in [0.15, 0.2) is 35.7 Å². The molecular formula is C15H21N3S. The van der Waals surface area contributed by atoms with Crippen molar-refractivity contribution in [2.45, 2.75) is 19.9 Å². The first-order chi connectivity index (χ1) is 9.24. The van der Waals surface area contributed by atoms with Crippen molar-refractivity contribution in [2.24, 2.45) is 0 Å². The number of benzene rings is 1. The van der Waals surface area contributed by atoms with E-state index >= 15 is 0 Å². The Kier molecular flexibility index (Phi) is 5.36. The van der Waals surface area contributed by atoms with Crippen molar-refractivity contribution < 1.29 is 0 Å². The Labute approximate surface area is 119 Å². The predicted molar refractivity (Wildman–Crippen MR) is 82.7 cm³/mol. The van der Waals surface area contributed by atoms with Crippen LogP contribution >= 0.6 is 11.3 Å². The van der Waals surface area contributed by atoms with Crippen molar-refractivity contribution in [2.75, 3.05) is 25.5 Å². The van der Waals surface area contributed by atoms with Gasteiger partial charge in [0, 0.05) is 18.5 Å². The number of thiazole rings is 1. The van der Waals surface area contributed by atoms with Crippen LogP contribution in [-0.4, -0.2) is 30.0 Å². The largest absolute Gasteiger partial charge is 0.361 e. The van der Waals surface area contributed by atoms with E-state index in [-0.39, 0.29) is 0 Å². The van der Waals surface area contributed by atoms with E-state index in [1.807, 2.05) is 6.92 Å². The van der Waals surface area contributed by atoms with Crippen LogP contribution in [0.25, 0.3) is 0 Å². The Hall–Kier alpha value is -1.39. The second kappa shape index (κ2) is 7.26. The summed E-state index contributed by atoms with van der Waals surface area (Å²) in [5.74, 6) is 0. The molecule has 102 valence electrons. The quantitative estimate of drug-likeness (QED) is 0.785. The first-order valence-corrected chi connectivity index (χ1v) is 7.50. The van der Waals surface area contributed by atoms with Gasteiger partial charge in [0.25, 0.3) is 0 Å².